The molecule has 2 N–H and O–H groups in total. The van der Waals surface area contributed by atoms with E-state index in [1.807, 2.05) is 0 Å². The summed E-state index contributed by atoms with van der Waals surface area (Å²) in [5, 5.41) is 4.40. The normalized spacial score (nSPS) is 19.9. The number of hydrogen-bond donors (Lipinski definition) is 1. The van der Waals surface area contributed by atoms with Crippen molar-refractivity contribution in [3.05, 3.63) is 34.1 Å². The number of amides is 1. The largest absolute Gasteiger partial charge is 0.337 e. The van der Waals surface area contributed by atoms with Crippen LogP contribution in [0.15, 0.2) is 22.7 Å². The van der Waals surface area contributed by atoms with Crippen molar-refractivity contribution in [3.63, 3.8) is 0 Å². The van der Waals surface area contributed by atoms with E-state index in [4.69, 9.17) is 5.14 Å². The minimum atomic E-state index is -3.65. The fourth-order valence-corrected chi connectivity index (χ4v) is 3.46. The van der Waals surface area contributed by atoms with E-state index in [-0.39, 0.29) is 16.9 Å². The lowest BCUT2D eigenvalue weighted by Gasteiger charge is -2.31. The van der Waals surface area contributed by atoms with Gasteiger partial charge in [0.2, 0.25) is 10.0 Å². The molecule has 110 valence electrons. The quantitative estimate of drug-likeness (QED) is 0.862. The van der Waals surface area contributed by atoms with Crippen LogP contribution < -0.4 is 5.14 Å². The first-order chi connectivity index (χ1) is 9.29. The maximum absolute atomic E-state index is 13.2. The summed E-state index contributed by atoms with van der Waals surface area (Å²) in [6.07, 6.45) is 1.03. The first kappa shape index (κ1) is 15.4. The van der Waals surface area contributed by atoms with Crippen LogP contribution in [0.4, 0.5) is 4.39 Å². The molecule has 1 unspecified atom stereocenters. The third-order valence-electron chi connectivity index (χ3n) is 3.30. The fraction of sp³-hybridized carbons (Fsp3) is 0.417. The van der Waals surface area contributed by atoms with Crippen molar-refractivity contribution in [1.29, 1.82) is 0 Å². The molecule has 0 saturated carbocycles. The zero-order valence-corrected chi connectivity index (χ0v) is 13.0. The Bertz CT molecular complexity index is 636. The highest BCUT2D eigenvalue weighted by molar-refractivity contribution is 9.10. The predicted molar refractivity (Wildman–Crippen MR) is 76.1 cm³/mol. The number of carbonyl (C=O) groups excluding carboxylic acids is 1. The van der Waals surface area contributed by atoms with Crippen LogP contribution in [-0.2, 0) is 10.0 Å². The van der Waals surface area contributed by atoms with E-state index >= 15 is 0 Å². The Balaban J connectivity index is 2.18. The average molecular weight is 365 g/mol. The van der Waals surface area contributed by atoms with Gasteiger partial charge in [-0.15, -0.1) is 0 Å². The summed E-state index contributed by atoms with van der Waals surface area (Å²) in [4.78, 5) is 13.7. The van der Waals surface area contributed by atoms with Crippen LogP contribution in [0.3, 0.4) is 0 Å². The molecule has 0 radical (unpaired) electrons. The lowest BCUT2D eigenvalue weighted by atomic mass is 10.1. The van der Waals surface area contributed by atoms with Gasteiger partial charge in [0.1, 0.15) is 5.82 Å². The summed E-state index contributed by atoms with van der Waals surface area (Å²) in [5.41, 5.74) is 0.313. The summed E-state index contributed by atoms with van der Waals surface area (Å²) in [6, 6.07) is 3.96. The maximum Gasteiger partial charge on any atom is 0.253 e. The summed E-state index contributed by atoms with van der Waals surface area (Å²) >= 11 is 3.02. The molecule has 5 nitrogen and oxygen atoms in total. The first-order valence-electron chi connectivity index (χ1n) is 6.05. The molecule has 20 heavy (non-hydrogen) atoms. The highest BCUT2D eigenvalue weighted by Crippen LogP contribution is 2.21. The van der Waals surface area contributed by atoms with Crippen molar-refractivity contribution in [1.82, 2.24) is 4.90 Å². The number of nitrogens with two attached hydrogens (primary N) is 1. The molecular weight excluding hydrogens is 351 g/mol. The number of primary sulfonamides is 1. The van der Waals surface area contributed by atoms with E-state index < -0.39 is 21.1 Å². The van der Waals surface area contributed by atoms with Gasteiger partial charge < -0.3 is 4.90 Å². The fourth-order valence-electron chi connectivity index (χ4n) is 2.20. The Morgan fingerprint density at radius 2 is 2.15 bits per heavy atom. The summed E-state index contributed by atoms with van der Waals surface area (Å²) < 4.78 is 36.1. The highest BCUT2D eigenvalue weighted by atomic mass is 79.9. The lowest BCUT2D eigenvalue weighted by molar-refractivity contribution is 0.0727. The van der Waals surface area contributed by atoms with E-state index in [1.54, 1.807) is 0 Å². The summed E-state index contributed by atoms with van der Waals surface area (Å²) in [7, 11) is -3.65. The van der Waals surface area contributed by atoms with Gasteiger partial charge in [0.25, 0.3) is 5.91 Å². The van der Waals surface area contributed by atoms with Crippen LogP contribution in [0.25, 0.3) is 0 Å². The van der Waals surface area contributed by atoms with Gasteiger partial charge in [0.05, 0.1) is 9.72 Å². The van der Waals surface area contributed by atoms with Crippen molar-refractivity contribution in [3.8, 4) is 0 Å². The molecule has 8 heteroatoms. The molecule has 1 aromatic rings. The van der Waals surface area contributed by atoms with Gasteiger partial charge in [-0.05, 0) is 47.0 Å². The molecule has 0 aliphatic carbocycles. The molecule has 0 bridgehead atoms. The minimum Gasteiger partial charge on any atom is -0.337 e. The van der Waals surface area contributed by atoms with E-state index in [0.717, 1.165) is 0 Å². The Kier molecular flexibility index (Phi) is 4.46. The number of sulfonamides is 1. The van der Waals surface area contributed by atoms with Gasteiger partial charge >= 0.3 is 0 Å². The molecule has 0 aromatic heterocycles. The summed E-state index contributed by atoms with van der Waals surface area (Å²) in [6.45, 7) is 0.548. The Morgan fingerprint density at radius 3 is 2.75 bits per heavy atom. The molecule has 1 saturated heterocycles. The van der Waals surface area contributed by atoms with E-state index in [1.165, 1.54) is 23.1 Å². The van der Waals surface area contributed by atoms with Gasteiger partial charge in [-0.3, -0.25) is 4.79 Å². The van der Waals surface area contributed by atoms with Crippen LogP contribution in [-0.4, -0.2) is 37.6 Å². The number of rotatable bonds is 2. The molecule has 1 atom stereocenters. The van der Waals surface area contributed by atoms with Crippen LogP contribution in [0.2, 0.25) is 0 Å². The summed E-state index contributed by atoms with van der Waals surface area (Å²) in [5.74, 6) is -0.776. The van der Waals surface area contributed by atoms with Crippen LogP contribution >= 0.6 is 15.9 Å². The molecule has 1 fully saturated rings. The monoisotopic (exact) mass is 364 g/mol. The smallest absolute Gasteiger partial charge is 0.253 e. The molecule has 1 aliphatic heterocycles. The number of carbonyl (C=O) groups is 1. The third-order valence-corrected chi connectivity index (χ3v) is 5.22. The molecular formula is C12H14BrFN2O3S. The second kappa shape index (κ2) is 5.79. The van der Waals surface area contributed by atoms with Gasteiger partial charge in [-0.2, -0.15) is 0 Å². The standard InChI is InChI=1S/C12H14BrFN2O3S/c13-10-6-8(3-4-11(10)14)12(17)16-5-1-2-9(7-16)20(15,18)19/h3-4,6,9H,1-2,5,7H2,(H2,15,18,19). The molecule has 1 aliphatic rings. The number of piperidine rings is 1. The van der Waals surface area contributed by atoms with Crippen molar-refractivity contribution in [2.75, 3.05) is 13.1 Å². The third kappa shape index (κ3) is 3.36. The van der Waals surface area contributed by atoms with E-state index in [9.17, 15) is 17.6 Å². The second-order valence-corrected chi connectivity index (χ2v) is 7.43. The van der Waals surface area contributed by atoms with Crippen molar-refractivity contribution < 1.29 is 17.6 Å². The predicted octanol–water partition coefficient (Wildman–Crippen LogP) is 1.48. The average Bonchev–Trinajstić information content (AvgIpc) is 2.40. The van der Waals surface area contributed by atoms with Gasteiger partial charge in [0.15, 0.2) is 0 Å². The molecule has 1 amide bonds. The number of benzene rings is 1. The molecule has 1 heterocycles. The van der Waals surface area contributed by atoms with Gasteiger partial charge in [-0.1, -0.05) is 0 Å². The molecule has 2 rings (SSSR count). The number of likely N-dealkylation sites (tertiary alicyclic amines) is 1. The number of nitrogens with zero attached hydrogens (tertiary/aromatic N) is 1. The van der Waals surface area contributed by atoms with Crippen molar-refractivity contribution >= 4 is 31.9 Å². The van der Waals surface area contributed by atoms with Crippen molar-refractivity contribution in [2.45, 2.75) is 18.1 Å². The van der Waals surface area contributed by atoms with E-state index in [2.05, 4.69) is 15.9 Å². The number of halogens is 2. The first-order valence-corrected chi connectivity index (χ1v) is 8.45. The zero-order chi connectivity index (χ0) is 14.9. The van der Waals surface area contributed by atoms with Crippen LogP contribution in [0.1, 0.15) is 23.2 Å². The minimum absolute atomic E-state index is 0.0761. The maximum atomic E-state index is 13.2. The Morgan fingerprint density at radius 1 is 1.45 bits per heavy atom. The van der Waals surface area contributed by atoms with Gasteiger partial charge in [0, 0.05) is 18.7 Å². The molecule has 0 spiro atoms. The lowest BCUT2D eigenvalue weighted by Crippen LogP contribution is -2.47. The highest BCUT2D eigenvalue weighted by Gasteiger charge is 2.30. The van der Waals surface area contributed by atoms with Gasteiger partial charge in [-0.25, -0.2) is 17.9 Å². The Labute approximate surface area is 125 Å². The number of hydrogen-bond acceptors (Lipinski definition) is 3. The SMILES string of the molecule is NS(=O)(=O)C1CCCN(C(=O)c2ccc(F)c(Br)c2)C1. The van der Waals surface area contributed by atoms with Crippen molar-refractivity contribution in [2.24, 2.45) is 5.14 Å². The van der Waals surface area contributed by atoms with Crippen LogP contribution in [0.5, 0.6) is 0 Å². The topological polar surface area (TPSA) is 80.5 Å². The molecule has 1 aromatic carbocycles. The Hall–Kier alpha value is -0.990. The van der Waals surface area contributed by atoms with E-state index in [0.29, 0.717) is 24.9 Å². The zero-order valence-electron chi connectivity index (χ0n) is 10.6. The second-order valence-electron chi connectivity index (χ2n) is 4.73. The van der Waals surface area contributed by atoms with Crippen LogP contribution in [0, 0.1) is 5.82 Å².